The second kappa shape index (κ2) is 12.2. The zero-order valence-corrected chi connectivity index (χ0v) is 29.1. The van der Waals surface area contributed by atoms with Gasteiger partial charge in [-0.1, -0.05) is 140 Å². The maximum absolute atomic E-state index is 6.61. The Morgan fingerprint density at radius 2 is 1.09 bits per heavy atom. The summed E-state index contributed by atoms with van der Waals surface area (Å²) >= 11 is 0. The topological polar surface area (TPSA) is 65.0 Å². The monoisotopic (exact) mass is 693 g/mol. The standard InChI is InChI=1S/C49H31N3O2/c1-2-11-30(12-3-1)32-23-26-33(27-24-32)47-50-48(35-28-25-31-13-4-5-14-34(31)29-35)52-49(51-47)39-18-10-22-43-46(39)45-37(17-9-21-42(45)54-43)36-16-8-20-41-44(36)38-15-6-7-19-40(38)53-41/h1-26,28-29,33H,27H2. The molecule has 0 bridgehead atoms. The Labute approximate surface area is 310 Å². The minimum absolute atomic E-state index is 0.0127. The molecule has 5 nitrogen and oxygen atoms in total. The zero-order valence-electron chi connectivity index (χ0n) is 29.1. The molecular formula is C49H31N3O2. The van der Waals surface area contributed by atoms with Gasteiger partial charge in [-0.05, 0) is 69.8 Å². The first-order valence-electron chi connectivity index (χ1n) is 18.3. The highest BCUT2D eigenvalue weighted by molar-refractivity contribution is 6.21. The number of fused-ring (bicyclic) bond motifs is 7. The van der Waals surface area contributed by atoms with Gasteiger partial charge in [0.25, 0.3) is 0 Å². The molecule has 1 aliphatic carbocycles. The average molecular weight is 694 g/mol. The lowest BCUT2D eigenvalue weighted by Gasteiger charge is -2.17. The Hall–Kier alpha value is -7.11. The number of allylic oxidation sites excluding steroid dienone is 4. The number of para-hydroxylation sites is 1. The average Bonchev–Trinajstić information content (AvgIpc) is 3.83. The molecule has 0 radical (unpaired) electrons. The summed E-state index contributed by atoms with van der Waals surface area (Å²) < 4.78 is 12.9. The number of hydrogen-bond donors (Lipinski definition) is 0. The summed E-state index contributed by atoms with van der Waals surface area (Å²) in [5.41, 5.74) is 9.70. The zero-order chi connectivity index (χ0) is 35.6. The van der Waals surface area contributed by atoms with Gasteiger partial charge in [-0.25, -0.2) is 15.0 Å². The summed E-state index contributed by atoms with van der Waals surface area (Å²) in [6, 6.07) is 52.2. The van der Waals surface area contributed by atoms with Crippen molar-refractivity contribution in [2.75, 3.05) is 0 Å². The Morgan fingerprint density at radius 1 is 0.463 bits per heavy atom. The second-order valence-corrected chi connectivity index (χ2v) is 13.9. The lowest BCUT2D eigenvalue weighted by Crippen LogP contribution is -2.08. The van der Waals surface area contributed by atoms with Crippen LogP contribution in [0.25, 0.3) is 94.1 Å². The van der Waals surface area contributed by atoms with E-state index in [0.29, 0.717) is 11.6 Å². The van der Waals surface area contributed by atoms with E-state index in [-0.39, 0.29) is 5.92 Å². The molecule has 3 heterocycles. The minimum Gasteiger partial charge on any atom is -0.456 e. The molecule has 0 saturated heterocycles. The number of hydrogen-bond acceptors (Lipinski definition) is 5. The van der Waals surface area contributed by atoms with Gasteiger partial charge in [0.05, 0.1) is 0 Å². The summed E-state index contributed by atoms with van der Waals surface area (Å²) in [4.78, 5) is 15.7. The SMILES string of the molecule is C1=CC(c2nc(-c3ccc4ccccc4c3)nc(-c3cccc4oc5cccc(-c6cccc7oc8ccccc8c67)c5c34)n2)CC=C1c1ccccc1. The van der Waals surface area contributed by atoms with E-state index in [1.165, 1.54) is 16.5 Å². The molecule has 11 rings (SSSR count). The predicted molar refractivity (Wildman–Crippen MR) is 219 cm³/mol. The van der Waals surface area contributed by atoms with Gasteiger partial charge >= 0.3 is 0 Å². The van der Waals surface area contributed by atoms with Crippen LogP contribution in [0.5, 0.6) is 0 Å². The Morgan fingerprint density at radius 3 is 1.89 bits per heavy atom. The van der Waals surface area contributed by atoms with Crippen LogP contribution in [0.4, 0.5) is 0 Å². The molecule has 10 aromatic rings. The normalized spacial score (nSPS) is 14.4. The van der Waals surface area contributed by atoms with E-state index in [4.69, 9.17) is 23.8 Å². The van der Waals surface area contributed by atoms with Crippen LogP contribution in [0.2, 0.25) is 0 Å². The molecule has 7 aromatic carbocycles. The quantitative estimate of drug-likeness (QED) is 0.179. The van der Waals surface area contributed by atoms with Crippen molar-refractivity contribution in [2.45, 2.75) is 12.3 Å². The highest BCUT2D eigenvalue weighted by Gasteiger charge is 2.23. The second-order valence-electron chi connectivity index (χ2n) is 13.9. The number of benzene rings is 7. The molecule has 1 unspecified atom stereocenters. The molecule has 5 heteroatoms. The van der Waals surface area contributed by atoms with Gasteiger partial charge in [0.2, 0.25) is 0 Å². The van der Waals surface area contributed by atoms with Gasteiger partial charge in [0, 0.05) is 38.6 Å². The van der Waals surface area contributed by atoms with Crippen LogP contribution in [0.15, 0.2) is 179 Å². The molecule has 254 valence electrons. The smallest absolute Gasteiger partial charge is 0.164 e. The van der Waals surface area contributed by atoms with Crippen LogP contribution in [0.1, 0.15) is 23.7 Å². The van der Waals surface area contributed by atoms with E-state index in [9.17, 15) is 0 Å². The third-order valence-corrected chi connectivity index (χ3v) is 10.7. The first-order valence-corrected chi connectivity index (χ1v) is 18.3. The van der Waals surface area contributed by atoms with Crippen molar-refractivity contribution in [2.24, 2.45) is 0 Å². The number of rotatable bonds is 5. The van der Waals surface area contributed by atoms with Gasteiger partial charge in [0.15, 0.2) is 11.6 Å². The van der Waals surface area contributed by atoms with E-state index in [2.05, 4.69) is 127 Å². The van der Waals surface area contributed by atoms with E-state index < -0.39 is 0 Å². The molecule has 54 heavy (non-hydrogen) atoms. The van der Waals surface area contributed by atoms with Crippen molar-refractivity contribution in [3.05, 3.63) is 181 Å². The molecule has 3 aromatic heterocycles. The number of furan rings is 2. The van der Waals surface area contributed by atoms with Crippen molar-refractivity contribution in [1.29, 1.82) is 0 Å². The molecule has 0 aliphatic heterocycles. The van der Waals surface area contributed by atoms with Gasteiger partial charge in [0.1, 0.15) is 28.2 Å². The molecule has 0 fully saturated rings. The van der Waals surface area contributed by atoms with E-state index in [1.807, 2.05) is 42.5 Å². The fourth-order valence-corrected chi connectivity index (χ4v) is 8.07. The lowest BCUT2D eigenvalue weighted by molar-refractivity contribution is 0.668. The summed E-state index contributed by atoms with van der Waals surface area (Å²) in [5, 5.41) is 6.47. The van der Waals surface area contributed by atoms with Gasteiger partial charge in [-0.15, -0.1) is 0 Å². The summed E-state index contributed by atoms with van der Waals surface area (Å²) in [5.74, 6) is 1.99. The van der Waals surface area contributed by atoms with Gasteiger partial charge in [-0.3, -0.25) is 0 Å². The van der Waals surface area contributed by atoms with Crippen molar-refractivity contribution in [3.63, 3.8) is 0 Å². The van der Waals surface area contributed by atoms with Crippen molar-refractivity contribution >= 4 is 60.2 Å². The first-order chi connectivity index (χ1) is 26.7. The van der Waals surface area contributed by atoms with E-state index in [0.717, 1.165) is 83.8 Å². The van der Waals surface area contributed by atoms with E-state index in [1.54, 1.807) is 0 Å². The Bertz CT molecular complexity index is 3150. The predicted octanol–water partition coefficient (Wildman–Crippen LogP) is 13.0. The third kappa shape index (κ3) is 4.97. The molecule has 1 aliphatic rings. The number of nitrogens with zero attached hydrogens (tertiary/aromatic N) is 3. The highest BCUT2D eigenvalue weighted by Crippen LogP contribution is 2.44. The lowest BCUT2D eigenvalue weighted by atomic mass is 9.92. The van der Waals surface area contributed by atoms with Crippen LogP contribution in [-0.2, 0) is 0 Å². The summed E-state index contributed by atoms with van der Waals surface area (Å²) in [6.07, 6.45) is 7.50. The number of aromatic nitrogens is 3. The maximum Gasteiger partial charge on any atom is 0.164 e. The van der Waals surface area contributed by atoms with E-state index >= 15 is 0 Å². The fraction of sp³-hybridized carbons (Fsp3) is 0.0408. The molecular weight excluding hydrogens is 663 g/mol. The maximum atomic E-state index is 6.61. The van der Waals surface area contributed by atoms with Crippen molar-refractivity contribution in [3.8, 4) is 33.9 Å². The van der Waals surface area contributed by atoms with Gasteiger partial charge in [-0.2, -0.15) is 0 Å². The molecule has 0 amide bonds. The molecule has 0 saturated carbocycles. The highest BCUT2D eigenvalue weighted by atomic mass is 16.3. The van der Waals surface area contributed by atoms with Crippen LogP contribution in [0.3, 0.4) is 0 Å². The Balaban J connectivity index is 1.13. The van der Waals surface area contributed by atoms with Crippen LogP contribution < -0.4 is 0 Å². The Kier molecular flexibility index (Phi) is 6.92. The molecule has 1 atom stereocenters. The van der Waals surface area contributed by atoms with Crippen LogP contribution in [-0.4, -0.2) is 15.0 Å². The minimum atomic E-state index is -0.0127. The summed E-state index contributed by atoms with van der Waals surface area (Å²) in [6.45, 7) is 0. The summed E-state index contributed by atoms with van der Waals surface area (Å²) in [7, 11) is 0. The van der Waals surface area contributed by atoms with Crippen LogP contribution >= 0.6 is 0 Å². The molecule has 0 spiro atoms. The molecule has 0 N–H and O–H groups in total. The first kappa shape index (κ1) is 30.5. The van der Waals surface area contributed by atoms with Gasteiger partial charge < -0.3 is 8.83 Å². The largest absolute Gasteiger partial charge is 0.456 e. The fourth-order valence-electron chi connectivity index (χ4n) is 8.07. The third-order valence-electron chi connectivity index (χ3n) is 10.7. The van der Waals surface area contributed by atoms with Crippen molar-refractivity contribution in [1.82, 2.24) is 15.0 Å². The van der Waals surface area contributed by atoms with Crippen LogP contribution in [0, 0.1) is 0 Å². The van der Waals surface area contributed by atoms with Crippen molar-refractivity contribution < 1.29 is 8.83 Å².